The Labute approximate surface area is 118 Å². The molecule has 0 saturated heterocycles. The van der Waals surface area contributed by atoms with Crippen molar-refractivity contribution >= 4 is 0 Å². The third-order valence-corrected chi connectivity index (χ3v) is 3.04. The van der Waals surface area contributed by atoms with Crippen LogP contribution >= 0.6 is 0 Å². The lowest BCUT2D eigenvalue weighted by atomic mass is 10.2. The van der Waals surface area contributed by atoms with Crippen molar-refractivity contribution in [2.24, 2.45) is 0 Å². The van der Waals surface area contributed by atoms with Gasteiger partial charge < -0.3 is 15.0 Å². The Bertz CT molecular complexity index is 341. The van der Waals surface area contributed by atoms with Crippen molar-refractivity contribution in [3.8, 4) is 5.75 Å². The Kier molecular flexibility index (Phi) is 8.26. The molecule has 0 unspecified atom stereocenters. The minimum atomic E-state index is 0.788. The van der Waals surface area contributed by atoms with Crippen LogP contribution in [0, 0.1) is 6.92 Å². The molecule has 0 spiro atoms. The van der Waals surface area contributed by atoms with Crippen molar-refractivity contribution in [2.75, 3.05) is 39.8 Å². The lowest BCUT2D eigenvalue weighted by Crippen LogP contribution is -2.30. The monoisotopic (exact) mass is 264 g/mol. The highest BCUT2D eigenvalue weighted by Gasteiger charge is 1.99. The Morgan fingerprint density at radius 2 is 2.05 bits per heavy atom. The van der Waals surface area contributed by atoms with Crippen molar-refractivity contribution in [1.29, 1.82) is 0 Å². The molecule has 108 valence electrons. The molecular formula is C16H28N2O. The van der Waals surface area contributed by atoms with Crippen LogP contribution in [0.5, 0.6) is 5.75 Å². The predicted molar refractivity (Wildman–Crippen MR) is 81.9 cm³/mol. The lowest BCUT2D eigenvalue weighted by Gasteiger charge is -2.17. The molecule has 0 bridgehead atoms. The Balaban J connectivity index is 2.03. The van der Waals surface area contributed by atoms with Crippen LogP contribution in [0.1, 0.15) is 25.3 Å². The van der Waals surface area contributed by atoms with Crippen LogP contribution in [-0.2, 0) is 0 Å². The van der Waals surface area contributed by atoms with Gasteiger partial charge in [-0.25, -0.2) is 0 Å². The van der Waals surface area contributed by atoms with E-state index in [1.807, 2.05) is 12.1 Å². The van der Waals surface area contributed by atoms with Crippen LogP contribution in [0.2, 0.25) is 0 Å². The topological polar surface area (TPSA) is 24.5 Å². The molecular weight excluding hydrogens is 236 g/mol. The highest BCUT2D eigenvalue weighted by Crippen LogP contribution is 2.12. The molecule has 3 heteroatoms. The Hall–Kier alpha value is -1.06. The van der Waals surface area contributed by atoms with Gasteiger partial charge in [0.1, 0.15) is 5.75 Å². The number of nitrogens with zero attached hydrogens (tertiary/aromatic N) is 1. The number of nitrogens with one attached hydrogen (secondary N) is 1. The van der Waals surface area contributed by atoms with Gasteiger partial charge in [-0.15, -0.1) is 0 Å². The van der Waals surface area contributed by atoms with Crippen LogP contribution in [0.4, 0.5) is 0 Å². The second-order valence-corrected chi connectivity index (χ2v) is 5.07. The van der Waals surface area contributed by atoms with Gasteiger partial charge in [0.25, 0.3) is 0 Å². The summed E-state index contributed by atoms with van der Waals surface area (Å²) in [7, 11) is 2.17. The van der Waals surface area contributed by atoms with Crippen LogP contribution in [0.25, 0.3) is 0 Å². The van der Waals surface area contributed by atoms with Crippen LogP contribution in [-0.4, -0.2) is 44.7 Å². The van der Waals surface area contributed by atoms with Gasteiger partial charge >= 0.3 is 0 Å². The van der Waals surface area contributed by atoms with Crippen molar-refractivity contribution in [2.45, 2.75) is 26.7 Å². The molecule has 1 aromatic carbocycles. The van der Waals surface area contributed by atoms with Crippen molar-refractivity contribution in [3.63, 3.8) is 0 Å². The molecule has 1 N–H and O–H groups in total. The van der Waals surface area contributed by atoms with E-state index in [9.17, 15) is 0 Å². The number of hydrogen-bond acceptors (Lipinski definition) is 3. The molecule has 0 aromatic heterocycles. The first kappa shape index (κ1) is 16.0. The molecule has 0 fully saturated rings. The number of benzene rings is 1. The number of ether oxygens (including phenoxy) is 1. The zero-order chi connectivity index (χ0) is 13.9. The third kappa shape index (κ3) is 7.85. The van der Waals surface area contributed by atoms with Gasteiger partial charge in [0.05, 0.1) is 6.61 Å². The van der Waals surface area contributed by atoms with E-state index < -0.39 is 0 Å². The molecule has 3 nitrogen and oxygen atoms in total. The predicted octanol–water partition coefficient (Wildman–Crippen LogP) is 2.70. The van der Waals surface area contributed by atoms with Crippen LogP contribution in [0.15, 0.2) is 24.3 Å². The van der Waals surface area contributed by atoms with E-state index in [4.69, 9.17) is 4.74 Å². The average molecular weight is 264 g/mol. The Morgan fingerprint density at radius 3 is 2.79 bits per heavy atom. The number of aryl methyl sites for hydroxylation is 1. The van der Waals surface area contributed by atoms with Crippen LogP contribution in [0.3, 0.4) is 0 Å². The first-order valence-corrected chi connectivity index (χ1v) is 7.31. The van der Waals surface area contributed by atoms with Gasteiger partial charge in [-0.1, -0.05) is 19.1 Å². The number of rotatable bonds is 10. The van der Waals surface area contributed by atoms with Gasteiger partial charge in [0.2, 0.25) is 0 Å². The second kappa shape index (κ2) is 9.82. The molecule has 0 aliphatic heterocycles. The molecule has 0 atom stereocenters. The summed E-state index contributed by atoms with van der Waals surface area (Å²) < 4.78 is 5.74. The molecule has 1 aromatic rings. The first-order valence-electron chi connectivity index (χ1n) is 7.31. The molecule has 0 heterocycles. The van der Waals surface area contributed by atoms with E-state index in [0.717, 1.165) is 45.0 Å². The molecule has 0 aliphatic carbocycles. The van der Waals surface area contributed by atoms with Crippen molar-refractivity contribution in [3.05, 3.63) is 29.8 Å². The van der Waals surface area contributed by atoms with E-state index in [1.165, 1.54) is 12.0 Å². The fourth-order valence-electron chi connectivity index (χ4n) is 1.91. The average Bonchev–Trinajstić information content (AvgIpc) is 2.40. The summed E-state index contributed by atoms with van der Waals surface area (Å²) in [6.45, 7) is 9.44. The van der Waals surface area contributed by atoms with E-state index >= 15 is 0 Å². The van der Waals surface area contributed by atoms with Crippen LogP contribution < -0.4 is 10.1 Å². The fraction of sp³-hybridized carbons (Fsp3) is 0.625. The summed E-state index contributed by atoms with van der Waals surface area (Å²) in [4.78, 5) is 2.35. The van der Waals surface area contributed by atoms with E-state index in [2.05, 4.69) is 43.2 Å². The summed E-state index contributed by atoms with van der Waals surface area (Å²) >= 11 is 0. The van der Waals surface area contributed by atoms with Gasteiger partial charge in [-0.2, -0.15) is 0 Å². The maximum Gasteiger partial charge on any atom is 0.119 e. The summed E-state index contributed by atoms with van der Waals surface area (Å²) in [5, 5.41) is 3.42. The highest BCUT2D eigenvalue weighted by atomic mass is 16.5. The quantitative estimate of drug-likeness (QED) is 0.658. The standard InChI is InChI=1S/C16H28N2O/c1-4-9-17-10-12-18(3)11-6-13-19-16-8-5-7-15(2)14-16/h5,7-8,14,17H,4,6,9-13H2,1-3H3. The minimum Gasteiger partial charge on any atom is -0.494 e. The van der Waals surface area contributed by atoms with Crippen molar-refractivity contribution in [1.82, 2.24) is 10.2 Å². The smallest absolute Gasteiger partial charge is 0.119 e. The number of likely N-dealkylation sites (N-methyl/N-ethyl adjacent to an activating group) is 1. The lowest BCUT2D eigenvalue weighted by molar-refractivity contribution is 0.262. The zero-order valence-corrected chi connectivity index (χ0v) is 12.6. The highest BCUT2D eigenvalue weighted by molar-refractivity contribution is 5.27. The number of hydrogen-bond donors (Lipinski definition) is 1. The molecule has 0 amide bonds. The second-order valence-electron chi connectivity index (χ2n) is 5.07. The van der Waals surface area contributed by atoms with Gasteiger partial charge in [-0.05, 0) is 51.1 Å². The molecule has 0 radical (unpaired) electrons. The van der Waals surface area contributed by atoms with Gasteiger partial charge in [0, 0.05) is 19.6 Å². The molecule has 1 rings (SSSR count). The third-order valence-electron chi connectivity index (χ3n) is 3.04. The maximum atomic E-state index is 5.74. The first-order chi connectivity index (χ1) is 9.22. The minimum absolute atomic E-state index is 0.788. The van der Waals surface area contributed by atoms with E-state index in [1.54, 1.807) is 0 Å². The summed E-state index contributed by atoms with van der Waals surface area (Å²) in [5.74, 6) is 0.979. The molecule has 0 aliphatic rings. The Morgan fingerprint density at radius 1 is 1.21 bits per heavy atom. The van der Waals surface area contributed by atoms with E-state index in [-0.39, 0.29) is 0 Å². The SMILES string of the molecule is CCCNCCN(C)CCCOc1cccc(C)c1. The zero-order valence-electron chi connectivity index (χ0n) is 12.6. The summed E-state index contributed by atoms with van der Waals surface area (Å²) in [5.41, 5.74) is 1.25. The maximum absolute atomic E-state index is 5.74. The van der Waals surface area contributed by atoms with Gasteiger partial charge in [0.15, 0.2) is 0 Å². The normalized spacial score (nSPS) is 10.9. The largest absolute Gasteiger partial charge is 0.494 e. The van der Waals surface area contributed by atoms with E-state index in [0.29, 0.717) is 0 Å². The van der Waals surface area contributed by atoms with Gasteiger partial charge in [-0.3, -0.25) is 0 Å². The fourth-order valence-corrected chi connectivity index (χ4v) is 1.91. The molecule has 19 heavy (non-hydrogen) atoms. The summed E-state index contributed by atoms with van der Waals surface area (Å²) in [6.07, 6.45) is 2.27. The summed E-state index contributed by atoms with van der Waals surface area (Å²) in [6, 6.07) is 8.23. The van der Waals surface area contributed by atoms with Crippen molar-refractivity contribution < 1.29 is 4.74 Å². The molecule has 0 saturated carbocycles.